The third kappa shape index (κ3) is 5.12. The van der Waals surface area contributed by atoms with Gasteiger partial charge < -0.3 is 20.1 Å². The fourth-order valence-electron chi connectivity index (χ4n) is 3.38. The number of β-amino-alcohol motifs (C(OH)–C–C–N with tert-alkyl or cyclic N) is 1. The maximum Gasteiger partial charge on any atom is 0.254 e. The van der Waals surface area contributed by atoms with Crippen LogP contribution in [0, 0.1) is 5.92 Å². The molecule has 0 saturated carbocycles. The predicted molar refractivity (Wildman–Crippen MR) is 109 cm³/mol. The minimum atomic E-state index is -0.715. The summed E-state index contributed by atoms with van der Waals surface area (Å²) in [7, 11) is 1.56. The molecule has 2 atom stereocenters. The Labute approximate surface area is 170 Å². The maximum atomic E-state index is 12.8. The first-order valence-corrected chi connectivity index (χ1v) is 9.79. The highest BCUT2D eigenvalue weighted by molar-refractivity contribution is 5.94. The SMILES string of the molecule is CNC(=O)C[C@@H]1CN(C(=O)c2ccnc(Oc3ccc(C(C)C)cc3)c2)C[C@H]1O. The van der Waals surface area contributed by atoms with Gasteiger partial charge in [-0.3, -0.25) is 9.59 Å². The van der Waals surface area contributed by atoms with Gasteiger partial charge in [0, 0.05) is 50.3 Å². The molecule has 1 aliphatic heterocycles. The van der Waals surface area contributed by atoms with E-state index in [1.165, 1.54) is 11.8 Å². The van der Waals surface area contributed by atoms with Gasteiger partial charge in [0.25, 0.3) is 5.91 Å². The summed E-state index contributed by atoms with van der Waals surface area (Å²) < 4.78 is 5.79. The highest BCUT2D eigenvalue weighted by atomic mass is 16.5. The van der Waals surface area contributed by atoms with Crippen molar-refractivity contribution in [3.8, 4) is 11.6 Å². The molecule has 2 amide bonds. The third-order valence-corrected chi connectivity index (χ3v) is 5.17. The number of aliphatic hydroxyl groups is 1. The van der Waals surface area contributed by atoms with Crippen LogP contribution in [-0.4, -0.2) is 53.0 Å². The number of hydrogen-bond acceptors (Lipinski definition) is 5. The molecule has 0 radical (unpaired) electrons. The summed E-state index contributed by atoms with van der Waals surface area (Å²) in [6.07, 6.45) is 1.01. The number of aliphatic hydroxyl groups excluding tert-OH is 1. The summed E-state index contributed by atoms with van der Waals surface area (Å²) in [6.45, 7) is 4.79. The maximum absolute atomic E-state index is 12.8. The van der Waals surface area contributed by atoms with Crippen molar-refractivity contribution in [2.45, 2.75) is 32.3 Å². The molecule has 1 saturated heterocycles. The van der Waals surface area contributed by atoms with E-state index in [4.69, 9.17) is 4.74 Å². The molecule has 1 aromatic carbocycles. The molecule has 1 aliphatic rings. The van der Waals surface area contributed by atoms with E-state index in [1.54, 1.807) is 24.1 Å². The molecule has 2 heterocycles. The van der Waals surface area contributed by atoms with E-state index in [0.717, 1.165) is 0 Å². The molecule has 2 N–H and O–H groups in total. The summed E-state index contributed by atoms with van der Waals surface area (Å²) in [5, 5.41) is 12.7. The second-order valence-corrected chi connectivity index (χ2v) is 7.62. The van der Waals surface area contributed by atoms with Gasteiger partial charge >= 0.3 is 0 Å². The largest absolute Gasteiger partial charge is 0.439 e. The zero-order valence-electron chi connectivity index (χ0n) is 17.0. The molecular weight excluding hydrogens is 370 g/mol. The number of hydrogen-bond donors (Lipinski definition) is 2. The molecule has 1 aromatic heterocycles. The number of rotatable bonds is 6. The Bertz CT molecular complexity index is 867. The summed E-state index contributed by atoms with van der Waals surface area (Å²) in [5.74, 6) is 0.780. The Kier molecular flexibility index (Phi) is 6.49. The van der Waals surface area contributed by atoms with Crippen molar-refractivity contribution in [2.24, 2.45) is 5.92 Å². The van der Waals surface area contributed by atoms with Crippen LogP contribution in [0.5, 0.6) is 11.6 Å². The van der Waals surface area contributed by atoms with Crippen LogP contribution in [0.2, 0.25) is 0 Å². The molecule has 7 nitrogen and oxygen atoms in total. The van der Waals surface area contributed by atoms with Crippen molar-refractivity contribution >= 4 is 11.8 Å². The van der Waals surface area contributed by atoms with Gasteiger partial charge in [0.1, 0.15) is 5.75 Å². The number of likely N-dealkylation sites (tertiary alicyclic amines) is 1. The number of carbonyl (C=O) groups is 2. The molecule has 0 aliphatic carbocycles. The first-order valence-electron chi connectivity index (χ1n) is 9.79. The van der Waals surface area contributed by atoms with E-state index in [-0.39, 0.29) is 30.7 Å². The van der Waals surface area contributed by atoms with Crippen molar-refractivity contribution in [2.75, 3.05) is 20.1 Å². The zero-order valence-corrected chi connectivity index (χ0v) is 17.0. The van der Waals surface area contributed by atoms with Gasteiger partial charge in [0.05, 0.1) is 6.10 Å². The molecule has 2 aromatic rings. The lowest BCUT2D eigenvalue weighted by atomic mass is 10.0. The molecule has 7 heteroatoms. The van der Waals surface area contributed by atoms with Gasteiger partial charge in [-0.25, -0.2) is 4.98 Å². The Morgan fingerprint density at radius 1 is 1.24 bits per heavy atom. The van der Waals surface area contributed by atoms with Gasteiger partial charge in [0.2, 0.25) is 11.8 Å². The molecule has 1 fully saturated rings. The van der Waals surface area contributed by atoms with E-state index < -0.39 is 6.10 Å². The number of benzene rings is 1. The van der Waals surface area contributed by atoms with E-state index in [0.29, 0.717) is 29.7 Å². The lowest BCUT2D eigenvalue weighted by Gasteiger charge is -2.16. The molecule has 0 spiro atoms. The number of ether oxygens (including phenoxy) is 1. The Hall–Kier alpha value is -2.93. The number of pyridine rings is 1. The van der Waals surface area contributed by atoms with Crippen LogP contribution in [0.25, 0.3) is 0 Å². The quantitative estimate of drug-likeness (QED) is 0.782. The van der Waals surface area contributed by atoms with E-state index in [9.17, 15) is 14.7 Å². The van der Waals surface area contributed by atoms with E-state index >= 15 is 0 Å². The fourth-order valence-corrected chi connectivity index (χ4v) is 3.38. The molecule has 154 valence electrons. The van der Waals surface area contributed by atoms with Crippen molar-refractivity contribution < 1.29 is 19.4 Å². The van der Waals surface area contributed by atoms with Gasteiger partial charge in [-0.05, 0) is 29.7 Å². The summed E-state index contributed by atoms with van der Waals surface area (Å²) >= 11 is 0. The van der Waals surface area contributed by atoms with Crippen molar-refractivity contribution in [3.05, 3.63) is 53.7 Å². The third-order valence-electron chi connectivity index (χ3n) is 5.17. The van der Waals surface area contributed by atoms with Gasteiger partial charge in [0.15, 0.2) is 0 Å². The molecule has 0 unspecified atom stereocenters. The van der Waals surface area contributed by atoms with Crippen LogP contribution in [-0.2, 0) is 4.79 Å². The van der Waals surface area contributed by atoms with Crippen molar-refractivity contribution in [1.29, 1.82) is 0 Å². The molecule has 29 heavy (non-hydrogen) atoms. The Morgan fingerprint density at radius 3 is 2.62 bits per heavy atom. The van der Waals surface area contributed by atoms with E-state index in [2.05, 4.69) is 24.1 Å². The normalized spacial score (nSPS) is 18.7. The zero-order chi connectivity index (χ0) is 21.0. The monoisotopic (exact) mass is 397 g/mol. The summed E-state index contributed by atoms with van der Waals surface area (Å²) in [4.78, 5) is 30.2. The fraction of sp³-hybridized carbons (Fsp3) is 0.409. The lowest BCUT2D eigenvalue weighted by Crippen LogP contribution is -2.29. The predicted octanol–water partition coefficient (Wildman–Crippen LogP) is 2.57. The summed E-state index contributed by atoms with van der Waals surface area (Å²) in [5.41, 5.74) is 1.65. The minimum Gasteiger partial charge on any atom is -0.439 e. The number of nitrogens with zero attached hydrogens (tertiary/aromatic N) is 2. The van der Waals surface area contributed by atoms with Gasteiger partial charge in [-0.1, -0.05) is 26.0 Å². The highest BCUT2D eigenvalue weighted by Gasteiger charge is 2.35. The van der Waals surface area contributed by atoms with Crippen LogP contribution in [0.1, 0.15) is 42.1 Å². The first kappa shape index (κ1) is 20.8. The lowest BCUT2D eigenvalue weighted by molar-refractivity contribution is -0.122. The smallest absolute Gasteiger partial charge is 0.254 e. The van der Waals surface area contributed by atoms with Crippen molar-refractivity contribution in [1.82, 2.24) is 15.2 Å². The van der Waals surface area contributed by atoms with Gasteiger partial charge in [-0.15, -0.1) is 0 Å². The second-order valence-electron chi connectivity index (χ2n) is 7.62. The average molecular weight is 397 g/mol. The first-order chi connectivity index (χ1) is 13.9. The number of carbonyl (C=O) groups excluding carboxylic acids is 2. The number of aromatic nitrogens is 1. The number of nitrogens with one attached hydrogen (secondary N) is 1. The van der Waals surface area contributed by atoms with Crippen LogP contribution in [0.15, 0.2) is 42.6 Å². The minimum absolute atomic E-state index is 0.147. The second kappa shape index (κ2) is 9.05. The van der Waals surface area contributed by atoms with Crippen LogP contribution >= 0.6 is 0 Å². The van der Waals surface area contributed by atoms with Crippen LogP contribution < -0.4 is 10.1 Å². The number of amides is 2. The topological polar surface area (TPSA) is 91.8 Å². The van der Waals surface area contributed by atoms with Crippen LogP contribution in [0.3, 0.4) is 0 Å². The molecular formula is C22H27N3O4. The standard InChI is InChI=1S/C22H27N3O4/c1-14(2)15-4-6-18(7-5-15)29-21-11-16(8-9-24-21)22(28)25-12-17(19(26)13-25)10-20(27)23-3/h4-9,11,14,17,19,26H,10,12-13H2,1-3H3,(H,23,27)/t17-,19-/m1/s1. The molecule has 3 rings (SSSR count). The molecule has 0 bridgehead atoms. The highest BCUT2D eigenvalue weighted by Crippen LogP contribution is 2.25. The van der Waals surface area contributed by atoms with Crippen LogP contribution in [0.4, 0.5) is 0 Å². The Morgan fingerprint density at radius 2 is 1.97 bits per heavy atom. The van der Waals surface area contributed by atoms with E-state index in [1.807, 2.05) is 24.3 Å². The summed E-state index contributed by atoms with van der Waals surface area (Å²) in [6, 6.07) is 11.0. The Balaban J connectivity index is 1.67. The average Bonchev–Trinajstić information content (AvgIpc) is 3.08. The van der Waals surface area contributed by atoms with Gasteiger partial charge in [-0.2, -0.15) is 0 Å². The van der Waals surface area contributed by atoms with Crippen molar-refractivity contribution in [3.63, 3.8) is 0 Å².